The van der Waals surface area contributed by atoms with Crippen molar-refractivity contribution in [1.82, 2.24) is 0 Å². The van der Waals surface area contributed by atoms with Crippen LogP contribution < -0.4 is 14.2 Å². The summed E-state index contributed by atoms with van der Waals surface area (Å²) >= 11 is 0. The smallest absolute Gasteiger partial charge is 0.269 e. The van der Waals surface area contributed by atoms with Gasteiger partial charge in [-0.05, 0) is 58.7 Å². The number of methoxy groups -OCH3 is 3. The van der Waals surface area contributed by atoms with Gasteiger partial charge < -0.3 is 14.2 Å². The van der Waals surface area contributed by atoms with Crippen LogP contribution in [-0.2, 0) is 11.2 Å². The van der Waals surface area contributed by atoms with Crippen LogP contribution in [0.3, 0.4) is 0 Å². The Bertz CT molecular complexity index is 1300. The van der Waals surface area contributed by atoms with Crippen LogP contribution in [0.5, 0.6) is 17.2 Å². The van der Waals surface area contributed by atoms with Gasteiger partial charge in [-0.3, -0.25) is 14.9 Å². The van der Waals surface area contributed by atoms with Crippen molar-refractivity contribution in [2.75, 3.05) is 21.3 Å². The molecule has 0 unspecified atom stereocenters. The zero-order chi connectivity index (χ0) is 24.2. The number of benzene rings is 3. The first kappa shape index (κ1) is 22.8. The third-order valence-electron chi connectivity index (χ3n) is 5.67. The number of nitro benzene ring substituents is 1. The highest BCUT2D eigenvalue weighted by Crippen LogP contribution is 2.40. The lowest BCUT2D eigenvalue weighted by Crippen LogP contribution is -2.16. The summed E-state index contributed by atoms with van der Waals surface area (Å²) in [6.45, 7) is 0. The quantitative estimate of drug-likeness (QED) is 0.281. The van der Waals surface area contributed by atoms with Crippen molar-refractivity contribution in [3.05, 3.63) is 98.6 Å². The summed E-state index contributed by atoms with van der Waals surface area (Å²) in [6.07, 6.45) is 4.07. The molecule has 0 saturated heterocycles. The molecule has 0 atom stereocenters. The molecule has 0 radical (unpaired) electrons. The lowest BCUT2D eigenvalue weighted by molar-refractivity contribution is -0.384. The van der Waals surface area contributed by atoms with Crippen molar-refractivity contribution in [3.63, 3.8) is 0 Å². The average Bonchev–Trinajstić information content (AvgIpc) is 2.86. The summed E-state index contributed by atoms with van der Waals surface area (Å²) in [7, 11) is 4.62. The highest BCUT2D eigenvalue weighted by molar-refractivity contribution is 6.35. The first-order valence-electron chi connectivity index (χ1n) is 10.5. The van der Waals surface area contributed by atoms with E-state index in [0.29, 0.717) is 34.8 Å². The number of ether oxygens (including phenoxy) is 3. The van der Waals surface area contributed by atoms with Crippen LogP contribution in [0.25, 0.3) is 17.7 Å². The van der Waals surface area contributed by atoms with Crippen molar-refractivity contribution in [2.24, 2.45) is 0 Å². The lowest BCUT2D eigenvalue weighted by atomic mass is 9.81. The molecular weight excluding hydrogens is 434 g/mol. The predicted molar refractivity (Wildman–Crippen MR) is 130 cm³/mol. The summed E-state index contributed by atoms with van der Waals surface area (Å²) in [5, 5.41) is 10.9. The molecule has 1 aliphatic carbocycles. The van der Waals surface area contributed by atoms with E-state index in [1.165, 1.54) is 19.2 Å². The molecule has 0 amide bonds. The molecule has 0 saturated carbocycles. The molecule has 3 aromatic carbocycles. The van der Waals surface area contributed by atoms with Crippen molar-refractivity contribution in [2.45, 2.75) is 6.42 Å². The molecule has 7 nitrogen and oxygen atoms in total. The fourth-order valence-corrected chi connectivity index (χ4v) is 4.02. The number of hydrogen-bond acceptors (Lipinski definition) is 6. The molecule has 1 aliphatic rings. The Morgan fingerprint density at radius 3 is 2.09 bits per heavy atom. The highest BCUT2D eigenvalue weighted by atomic mass is 16.6. The normalized spacial score (nSPS) is 15.2. The van der Waals surface area contributed by atoms with E-state index >= 15 is 0 Å². The minimum atomic E-state index is -0.447. The second kappa shape index (κ2) is 9.62. The van der Waals surface area contributed by atoms with Crippen LogP contribution in [0.1, 0.15) is 22.3 Å². The Morgan fingerprint density at radius 1 is 0.853 bits per heavy atom. The van der Waals surface area contributed by atoms with Gasteiger partial charge in [0.05, 0.1) is 26.3 Å². The highest BCUT2D eigenvalue weighted by Gasteiger charge is 2.26. The Hall–Kier alpha value is -4.39. The second-order valence-corrected chi connectivity index (χ2v) is 7.70. The SMILES string of the molecule is COc1cc(/C=C2/C(=O)/C(=C/c3ccc([N+](=O)[O-])cc3)Cc3ccccc32)cc(OC)c1OC. The largest absolute Gasteiger partial charge is 0.493 e. The van der Waals surface area contributed by atoms with E-state index in [-0.39, 0.29) is 11.5 Å². The van der Waals surface area contributed by atoms with Crippen molar-refractivity contribution < 1.29 is 23.9 Å². The topological polar surface area (TPSA) is 87.9 Å². The average molecular weight is 457 g/mol. The number of fused-ring (bicyclic) bond motifs is 1. The molecule has 4 rings (SSSR count). The minimum absolute atomic E-state index is 0.00505. The Morgan fingerprint density at radius 2 is 1.50 bits per heavy atom. The summed E-state index contributed by atoms with van der Waals surface area (Å²) in [5.74, 6) is 1.35. The van der Waals surface area contributed by atoms with E-state index in [2.05, 4.69) is 0 Å². The number of nitro groups is 1. The van der Waals surface area contributed by atoms with Gasteiger partial charge in [0.2, 0.25) is 5.75 Å². The molecule has 0 aliphatic heterocycles. The Labute approximate surface area is 197 Å². The minimum Gasteiger partial charge on any atom is -0.493 e. The van der Waals surface area contributed by atoms with E-state index in [1.54, 1.807) is 44.6 Å². The van der Waals surface area contributed by atoms with Crippen molar-refractivity contribution in [3.8, 4) is 17.2 Å². The Kier molecular flexibility index (Phi) is 6.45. The molecule has 0 spiro atoms. The molecule has 0 bridgehead atoms. The van der Waals surface area contributed by atoms with Gasteiger partial charge in [-0.15, -0.1) is 0 Å². The van der Waals surface area contributed by atoms with E-state index in [9.17, 15) is 14.9 Å². The third kappa shape index (κ3) is 4.41. The molecule has 0 aromatic heterocycles. The van der Waals surface area contributed by atoms with Gasteiger partial charge in [-0.1, -0.05) is 24.3 Å². The number of allylic oxidation sites excluding steroid dienone is 2. The fraction of sp³-hybridized carbons (Fsp3) is 0.148. The van der Waals surface area contributed by atoms with E-state index in [1.807, 2.05) is 30.3 Å². The van der Waals surface area contributed by atoms with Gasteiger partial charge in [0.25, 0.3) is 5.69 Å². The second-order valence-electron chi connectivity index (χ2n) is 7.70. The number of ketones is 1. The van der Waals surface area contributed by atoms with Gasteiger partial charge in [-0.2, -0.15) is 0 Å². The van der Waals surface area contributed by atoms with E-state index < -0.39 is 4.92 Å². The number of rotatable bonds is 6. The van der Waals surface area contributed by atoms with Crippen LogP contribution in [0.15, 0.2) is 66.2 Å². The van der Waals surface area contributed by atoms with Gasteiger partial charge in [0.1, 0.15) is 0 Å². The lowest BCUT2D eigenvalue weighted by Gasteiger charge is -2.21. The van der Waals surface area contributed by atoms with Crippen LogP contribution >= 0.6 is 0 Å². The number of Topliss-reactive ketones (excluding diaryl/α,β-unsaturated/α-hetero) is 1. The molecule has 7 heteroatoms. The van der Waals surface area contributed by atoms with Crippen LogP contribution in [0.4, 0.5) is 5.69 Å². The zero-order valence-electron chi connectivity index (χ0n) is 19.0. The fourth-order valence-electron chi connectivity index (χ4n) is 4.02. The summed E-state index contributed by atoms with van der Waals surface area (Å²) in [4.78, 5) is 24.1. The molecule has 34 heavy (non-hydrogen) atoms. The predicted octanol–water partition coefficient (Wildman–Crippen LogP) is 5.37. The molecule has 0 heterocycles. The molecule has 172 valence electrons. The van der Waals surface area contributed by atoms with Gasteiger partial charge in [-0.25, -0.2) is 0 Å². The summed E-state index contributed by atoms with van der Waals surface area (Å²) in [5.41, 5.74) is 4.49. The third-order valence-corrected chi connectivity index (χ3v) is 5.67. The maximum atomic E-state index is 13.6. The van der Waals surface area contributed by atoms with Crippen LogP contribution in [-0.4, -0.2) is 32.0 Å². The molecule has 0 N–H and O–H groups in total. The molecular formula is C27H23NO6. The van der Waals surface area contributed by atoms with Gasteiger partial charge in [0.15, 0.2) is 17.3 Å². The van der Waals surface area contributed by atoms with Crippen LogP contribution in [0.2, 0.25) is 0 Å². The summed E-state index contributed by atoms with van der Waals surface area (Å²) < 4.78 is 16.3. The van der Waals surface area contributed by atoms with Gasteiger partial charge >= 0.3 is 0 Å². The zero-order valence-corrected chi connectivity index (χ0v) is 19.0. The first-order valence-corrected chi connectivity index (χ1v) is 10.5. The number of non-ortho nitro benzene ring substituents is 1. The van der Waals surface area contributed by atoms with Gasteiger partial charge in [0, 0.05) is 29.7 Å². The molecule has 0 fully saturated rings. The number of carbonyl (C=O) groups is 1. The maximum absolute atomic E-state index is 13.6. The van der Waals surface area contributed by atoms with Crippen molar-refractivity contribution in [1.29, 1.82) is 0 Å². The Balaban J connectivity index is 1.81. The van der Waals surface area contributed by atoms with E-state index in [0.717, 1.165) is 22.3 Å². The number of carbonyl (C=O) groups excluding carboxylic acids is 1. The first-order chi connectivity index (χ1) is 16.4. The maximum Gasteiger partial charge on any atom is 0.269 e. The number of nitrogens with zero attached hydrogens (tertiary/aromatic N) is 1. The number of hydrogen-bond donors (Lipinski definition) is 0. The standard InChI is InChI=1S/C27H23NO6/c1-32-24-14-18(15-25(33-2)27(24)34-3)13-23-22-7-5-4-6-19(22)16-20(26(23)29)12-17-8-10-21(11-9-17)28(30)31/h4-15H,16H2,1-3H3/b20-12+,23-13+. The van der Waals surface area contributed by atoms with Crippen LogP contribution in [0, 0.1) is 10.1 Å². The van der Waals surface area contributed by atoms with Crippen molar-refractivity contribution >= 4 is 29.2 Å². The van der Waals surface area contributed by atoms with E-state index in [4.69, 9.17) is 14.2 Å². The monoisotopic (exact) mass is 457 g/mol. The summed E-state index contributed by atoms with van der Waals surface area (Å²) in [6, 6.07) is 17.5. The molecule has 3 aromatic rings.